The molecule has 0 aliphatic rings. The number of nitrogens with zero attached hydrogens (tertiary/aromatic N) is 3. The molecule has 0 aliphatic carbocycles. The van der Waals surface area contributed by atoms with Crippen LogP contribution in [0.5, 0.6) is 0 Å². The second-order valence-corrected chi connectivity index (χ2v) is 4.93. The van der Waals surface area contributed by atoms with Gasteiger partial charge in [0.1, 0.15) is 5.82 Å². The van der Waals surface area contributed by atoms with Crippen molar-refractivity contribution in [1.29, 1.82) is 0 Å². The van der Waals surface area contributed by atoms with Crippen LogP contribution < -0.4 is 16.1 Å². The molecule has 0 spiro atoms. The second kappa shape index (κ2) is 6.30. The van der Waals surface area contributed by atoms with E-state index >= 15 is 0 Å². The molecule has 5 nitrogen and oxygen atoms in total. The Labute approximate surface area is 129 Å². The molecule has 1 aromatic heterocycles. The molecule has 0 aliphatic heterocycles. The summed E-state index contributed by atoms with van der Waals surface area (Å²) < 4.78 is 2.57. The van der Waals surface area contributed by atoms with E-state index in [2.05, 4.69) is 6.58 Å². The van der Waals surface area contributed by atoms with Gasteiger partial charge in [-0.05, 0) is 18.2 Å². The Morgan fingerprint density at radius 1 is 1.09 bits per heavy atom. The predicted octanol–water partition coefficient (Wildman–Crippen LogP) is 2.05. The Bertz CT molecular complexity index is 829. The quantitative estimate of drug-likeness (QED) is 0.812. The molecule has 2 aromatic rings. The highest BCUT2D eigenvalue weighted by Crippen LogP contribution is 2.24. The van der Waals surface area contributed by atoms with Gasteiger partial charge in [0, 0.05) is 26.8 Å². The summed E-state index contributed by atoms with van der Waals surface area (Å²) in [7, 11) is 4.96. The van der Waals surface area contributed by atoms with Gasteiger partial charge in [0.15, 0.2) is 0 Å². The van der Waals surface area contributed by atoms with Gasteiger partial charge in [0.25, 0.3) is 5.56 Å². The third-order valence-corrected chi connectivity index (χ3v) is 3.53. The fourth-order valence-electron chi connectivity index (χ4n) is 2.35. The Kier molecular flexibility index (Phi) is 4.46. The molecule has 0 fully saturated rings. The van der Waals surface area contributed by atoms with Gasteiger partial charge in [0.05, 0.1) is 5.56 Å². The summed E-state index contributed by atoms with van der Waals surface area (Å²) in [4.78, 5) is 26.5. The molecular weight excluding hydrogens is 278 g/mol. The molecule has 0 amide bonds. The van der Waals surface area contributed by atoms with Crippen LogP contribution in [0.15, 0.2) is 58.7 Å². The lowest BCUT2D eigenvalue weighted by Gasteiger charge is -2.24. The molecule has 0 radical (unpaired) electrons. The first-order valence-corrected chi connectivity index (χ1v) is 6.87. The predicted molar refractivity (Wildman–Crippen MR) is 90.7 cm³/mol. The highest BCUT2D eigenvalue weighted by Gasteiger charge is 2.17. The Balaban J connectivity index is 2.79. The minimum Gasteiger partial charge on any atom is -0.330 e. The maximum absolute atomic E-state index is 12.4. The van der Waals surface area contributed by atoms with Crippen LogP contribution in [-0.2, 0) is 14.1 Å². The molecule has 0 bridgehead atoms. The van der Waals surface area contributed by atoms with E-state index in [1.54, 1.807) is 25.3 Å². The molecule has 2 rings (SSSR count). The van der Waals surface area contributed by atoms with Crippen LogP contribution in [-0.4, -0.2) is 16.2 Å². The van der Waals surface area contributed by atoms with Gasteiger partial charge in [0.2, 0.25) is 0 Å². The lowest BCUT2D eigenvalue weighted by Crippen LogP contribution is -2.40. The molecule has 0 unspecified atom stereocenters. The minimum absolute atomic E-state index is 0.334. The van der Waals surface area contributed by atoms with Crippen molar-refractivity contribution in [3.63, 3.8) is 0 Å². The van der Waals surface area contributed by atoms with Gasteiger partial charge in [-0.3, -0.25) is 13.9 Å². The zero-order valence-corrected chi connectivity index (χ0v) is 13.0. The van der Waals surface area contributed by atoms with Crippen molar-refractivity contribution in [3.05, 3.63) is 75.5 Å². The molecule has 5 heteroatoms. The zero-order valence-electron chi connectivity index (χ0n) is 13.0. The normalized spacial score (nSPS) is 10.9. The molecule has 22 heavy (non-hydrogen) atoms. The van der Waals surface area contributed by atoms with Crippen LogP contribution in [0.25, 0.3) is 6.08 Å². The zero-order chi connectivity index (χ0) is 16.3. The average Bonchev–Trinajstić information content (AvgIpc) is 2.55. The summed E-state index contributed by atoms with van der Waals surface area (Å²) in [5, 5.41) is 0. The van der Waals surface area contributed by atoms with Gasteiger partial charge in [-0.2, -0.15) is 0 Å². The molecular formula is C17H19N3O2. The number of hydrogen-bond donors (Lipinski definition) is 0. The molecule has 0 saturated carbocycles. The van der Waals surface area contributed by atoms with E-state index in [-0.39, 0.29) is 11.2 Å². The van der Waals surface area contributed by atoms with E-state index in [0.717, 1.165) is 10.3 Å². The molecule has 114 valence electrons. The van der Waals surface area contributed by atoms with E-state index in [1.165, 1.54) is 11.6 Å². The van der Waals surface area contributed by atoms with E-state index in [0.29, 0.717) is 11.4 Å². The summed E-state index contributed by atoms with van der Waals surface area (Å²) in [5.41, 5.74) is 0.632. The lowest BCUT2D eigenvalue weighted by molar-refractivity contribution is 0.681. The monoisotopic (exact) mass is 297 g/mol. The smallest absolute Gasteiger partial charge is 0.330 e. The highest BCUT2D eigenvalue weighted by atomic mass is 16.2. The van der Waals surface area contributed by atoms with Crippen molar-refractivity contribution < 1.29 is 0 Å². The maximum Gasteiger partial charge on any atom is 0.332 e. The van der Waals surface area contributed by atoms with Gasteiger partial charge in [-0.25, -0.2) is 4.79 Å². The van der Waals surface area contributed by atoms with E-state index < -0.39 is 0 Å². The third kappa shape index (κ3) is 2.65. The fraction of sp³-hybridized carbons (Fsp3) is 0.176. The minimum atomic E-state index is -0.362. The number of aromatic nitrogens is 2. The standard InChI is InChI=1S/C17H19N3O2/c1-5-6-12-14-15(18(2)13-10-8-7-9-11-13)19(3)17(22)20(4)16(14)21/h5-12H,1H2,2-4H3/b12-6+. The summed E-state index contributed by atoms with van der Waals surface area (Å²) in [5.74, 6) is 0.539. The lowest BCUT2D eigenvalue weighted by atomic mass is 10.2. The van der Waals surface area contributed by atoms with E-state index in [1.807, 2.05) is 42.3 Å². The van der Waals surface area contributed by atoms with Crippen molar-refractivity contribution in [1.82, 2.24) is 9.13 Å². The Morgan fingerprint density at radius 2 is 1.73 bits per heavy atom. The summed E-state index contributed by atoms with van der Waals surface area (Å²) >= 11 is 0. The van der Waals surface area contributed by atoms with Crippen molar-refractivity contribution in [3.8, 4) is 0 Å². The number of rotatable bonds is 4. The van der Waals surface area contributed by atoms with E-state index in [9.17, 15) is 9.59 Å². The van der Waals surface area contributed by atoms with Gasteiger partial charge in [-0.1, -0.05) is 36.9 Å². The fourth-order valence-corrected chi connectivity index (χ4v) is 2.35. The first kappa shape index (κ1) is 15.6. The number of anilines is 2. The van der Waals surface area contributed by atoms with Crippen LogP contribution >= 0.6 is 0 Å². The largest absolute Gasteiger partial charge is 0.332 e. The van der Waals surface area contributed by atoms with Crippen molar-refractivity contribution >= 4 is 17.6 Å². The van der Waals surface area contributed by atoms with Crippen LogP contribution in [0.3, 0.4) is 0 Å². The van der Waals surface area contributed by atoms with Gasteiger partial charge < -0.3 is 4.90 Å². The topological polar surface area (TPSA) is 47.2 Å². The van der Waals surface area contributed by atoms with Crippen LogP contribution in [0.4, 0.5) is 11.5 Å². The first-order valence-electron chi connectivity index (χ1n) is 6.87. The number of allylic oxidation sites excluding steroid dienone is 2. The molecule has 0 N–H and O–H groups in total. The molecule has 0 atom stereocenters. The van der Waals surface area contributed by atoms with Crippen LogP contribution in [0.1, 0.15) is 5.56 Å². The SMILES string of the molecule is C=C/C=C/c1c(N(C)c2ccccc2)n(C)c(=O)n(C)c1=O. The van der Waals surface area contributed by atoms with Crippen molar-refractivity contribution in [2.75, 3.05) is 11.9 Å². The number of benzene rings is 1. The summed E-state index contributed by atoms with van der Waals surface area (Å²) in [6.07, 6.45) is 4.95. The summed E-state index contributed by atoms with van der Waals surface area (Å²) in [6, 6.07) is 9.57. The Morgan fingerprint density at radius 3 is 2.32 bits per heavy atom. The maximum atomic E-state index is 12.4. The average molecular weight is 297 g/mol. The first-order chi connectivity index (χ1) is 10.5. The van der Waals surface area contributed by atoms with Crippen LogP contribution in [0, 0.1) is 0 Å². The third-order valence-electron chi connectivity index (χ3n) is 3.53. The molecule has 1 heterocycles. The van der Waals surface area contributed by atoms with Crippen molar-refractivity contribution in [2.24, 2.45) is 14.1 Å². The molecule has 0 saturated heterocycles. The highest BCUT2D eigenvalue weighted by molar-refractivity contribution is 5.70. The van der Waals surface area contributed by atoms with Crippen molar-refractivity contribution in [2.45, 2.75) is 0 Å². The Hall–Kier alpha value is -2.82. The summed E-state index contributed by atoms with van der Waals surface area (Å²) in [6.45, 7) is 3.62. The number of para-hydroxylation sites is 1. The number of hydrogen-bond acceptors (Lipinski definition) is 3. The second-order valence-electron chi connectivity index (χ2n) is 4.93. The molecule has 1 aromatic carbocycles. The van der Waals surface area contributed by atoms with Crippen LogP contribution in [0.2, 0.25) is 0 Å². The van der Waals surface area contributed by atoms with E-state index in [4.69, 9.17) is 0 Å². The van der Waals surface area contributed by atoms with Gasteiger partial charge >= 0.3 is 5.69 Å². The van der Waals surface area contributed by atoms with Gasteiger partial charge in [-0.15, -0.1) is 0 Å².